The highest BCUT2D eigenvalue weighted by atomic mass is 35.5. The Kier molecular flexibility index (Phi) is 4.77. The molecule has 6 heteroatoms. The van der Waals surface area contributed by atoms with Crippen LogP contribution in [0.25, 0.3) is 0 Å². The maximum atomic E-state index is 12.6. The smallest absolute Gasteiger partial charge is 0.255 e. The van der Waals surface area contributed by atoms with Gasteiger partial charge in [-0.2, -0.15) is 0 Å². The van der Waals surface area contributed by atoms with E-state index in [4.69, 9.17) is 25.8 Å². The quantitative estimate of drug-likeness (QED) is 0.880. The number of halogens is 1. The van der Waals surface area contributed by atoms with E-state index in [2.05, 4.69) is 19.2 Å². The Labute approximate surface area is 151 Å². The van der Waals surface area contributed by atoms with Gasteiger partial charge in [-0.1, -0.05) is 25.4 Å². The molecule has 1 N–H and O–H groups in total. The van der Waals surface area contributed by atoms with Gasteiger partial charge >= 0.3 is 0 Å². The van der Waals surface area contributed by atoms with Gasteiger partial charge in [0.1, 0.15) is 5.75 Å². The van der Waals surface area contributed by atoms with Crippen molar-refractivity contribution in [2.24, 2.45) is 5.41 Å². The van der Waals surface area contributed by atoms with Crippen molar-refractivity contribution < 1.29 is 19.0 Å². The number of benzene rings is 2. The maximum Gasteiger partial charge on any atom is 0.255 e. The highest BCUT2D eigenvalue weighted by Gasteiger charge is 2.25. The van der Waals surface area contributed by atoms with E-state index in [-0.39, 0.29) is 11.3 Å². The molecule has 3 rings (SSSR count). The van der Waals surface area contributed by atoms with Gasteiger partial charge in [-0.15, -0.1) is 0 Å². The molecule has 0 saturated carbocycles. The predicted octanol–water partition coefficient (Wildman–Crippen LogP) is 4.40. The molecule has 132 valence electrons. The monoisotopic (exact) mass is 361 g/mol. The van der Waals surface area contributed by atoms with Crippen molar-refractivity contribution in [1.82, 2.24) is 0 Å². The number of amides is 1. The average molecular weight is 362 g/mol. The van der Waals surface area contributed by atoms with Crippen LogP contribution in [0.5, 0.6) is 17.2 Å². The summed E-state index contributed by atoms with van der Waals surface area (Å²) in [6.07, 6.45) is 0. The van der Waals surface area contributed by atoms with E-state index in [0.29, 0.717) is 46.7 Å². The molecule has 1 aliphatic rings. The highest BCUT2D eigenvalue weighted by Crippen LogP contribution is 2.35. The van der Waals surface area contributed by atoms with Crippen LogP contribution in [-0.2, 0) is 0 Å². The number of fused-ring (bicyclic) bond motifs is 1. The minimum atomic E-state index is -0.282. The molecular formula is C19H20ClNO4. The SMILES string of the molecule is COc1ccc(Cl)cc1NC(=O)c1ccc2c(c1)OCC(C)(C)CO2. The van der Waals surface area contributed by atoms with Gasteiger partial charge in [-0.3, -0.25) is 4.79 Å². The number of hydrogen-bond acceptors (Lipinski definition) is 4. The molecule has 1 aliphatic heterocycles. The van der Waals surface area contributed by atoms with E-state index >= 15 is 0 Å². The lowest BCUT2D eigenvalue weighted by Crippen LogP contribution is -2.26. The van der Waals surface area contributed by atoms with Crippen LogP contribution in [0.2, 0.25) is 5.02 Å². The lowest BCUT2D eigenvalue weighted by Gasteiger charge is -2.19. The standard InChI is InChI=1S/C19H20ClNO4/c1-19(2)10-24-16-6-4-12(8-17(16)25-11-19)18(22)21-14-9-13(20)5-7-15(14)23-3/h4-9H,10-11H2,1-3H3,(H,21,22). The molecule has 0 saturated heterocycles. The van der Waals surface area contributed by atoms with Crippen LogP contribution >= 0.6 is 11.6 Å². The van der Waals surface area contributed by atoms with Gasteiger partial charge in [0.15, 0.2) is 11.5 Å². The molecule has 0 unspecified atom stereocenters. The first-order chi connectivity index (χ1) is 11.9. The van der Waals surface area contributed by atoms with Crippen molar-refractivity contribution in [3.8, 4) is 17.2 Å². The summed E-state index contributed by atoms with van der Waals surface area (Å²) in [5, 5.41) is 3.32. The van der Waals surface area contributed by atoms with Crippen LogP contribution in [0.1, 0.15) is 24.2 Å². The number of anilines is 1. The molecule has 2 aromatic rings. The summed E-state index contributed by atoms with van der Waals surface area (Å²) in [5.74, 6) is 1.46. The van der Waals surface area contributed by atoms with E-state index in [1.165, 1.54) is 7.11 Å². The van der Waals surface area contributed by atoms with Gasteiger partial charge in [0.2, 0.25) is 0 Å². The van der Waals surface area contributed by atoms with E-state index in [1.807, 2.05) is 0 Å². The van der Waals surface area contributed by atoms with Crippen molar-refractivity contribution in [3.63, 3.8) is 0 Å². The van der Waals surface area contributed by atoms with Crippen molar-refractivity contribution in [1.29, 1.82) is 0 Å². The van der Waals surface area contributed by atoms with E-state index in [1.54, 1.807) is 36.4 Å². The second-order valence-corrected chi connectivity index (χ2v) is 7.14. The molecule has 5 nitrogen and oxygen atoms in total. The largest absolute Gasteiger partial charge is 0.495 e. The van der Waals surface area contributed by atoms with Crippen LogP contribution in [0.15, 0.2) is 36.4 Å². The number of carbonyl (C=O) groups is 1. The van der Waals surface area contributed by atoms with Gasteiger partial charge in [0.05, 0.1) is 26.0 Å². The van der Waals surface area contributed by atoms with Gasteiger partial charge in [0, 0.05) is 16.0 Å². The van der Waals surface area contributed by atoms with Crippen molar-refractivity contribution in [2.75, 3.05) is 25.6 Å². The Morgan fingerprint density at radius 3 is 2.56 bits per heavy atom. The van der Waals surface area contributed by atoms with Gasteiger partial charge in [0.25, 0.3) is 5.91 Å². The van der Waals surface area contributed by atoms with E-state index in [0.717, 1.165) is 0 Å². The van der Waals surface area contributed by atoms with E-state index < -0.39 is 0 Å². The Hall–Kier alpha value is -2.40. The minimum Gasteiger partial charge on any atom is -0.495 e. The predicted molar refractivity (Wildman–Crippen MR) is 97.2 cm³/mol. The molecule has 0 atom stereocenters. The second kappa shape index (κ2) is 6.84. The third-order valence-electron chi connectivity index (χ3n) is 3.85. The number of methoxy groups -OCH3 is 1. The third-order valence-corrected chi connectivity index (χ3v) is 4.09. The average Bonchev–Trinajstić information content (AvgIpc) is 2.73. The summed E-state index contributed by atoms with van der Waals surface area (Å²) < 4.78 is 16.8. The minimum absolute atomic E-state index is 0.0877. The Balaban J connectivity index is 1.82. The summed E-state index contributed by atoms with van der Waals surface area (Å²) in [7, 11) is 1.54. The fraction of sp³-hybridized carbons (Fsp3) is 0.316. The molecule has 1 amide bonds. The van der Waals surface area contributed by atoms with Crippen molar-refractivity contribution in [2.45, 2.75) is 13.8 Å². The Morgan fingerprint density at radius 1 is 1.12 bits per heavy atom. The first-order valence-corrected chi connectivity index (χ1v) is 8.30. The number of nitrogens with one attached hydrogen (secondary N) is 1. The molecule has 25 heavy (non-hydrogen) atoms. The summed E-state index contributed by atoms with van der Waals surface area (Å²) >= 11 is 6.00. The first kappa shape index (κ1) is 17.4. The van der Waals surface area contributed by atoms with E-state index in [9.17, 15) is 4.79 Å². The zero-order valence-electron chi connectivity index (χ0n) is 14.4. The highest BCUT2D eigenvalue weighted by molar-refractivity contribution is 6.31. The first-order valence-electron chi connectivity index (χ1n) is 7.92. The number of ether oxygens (including phenoxy) is 3. The van der Waals surface area contributed by atoms with Crippen LogP contribution in [0.3, 0.4) is 0 Å². The molecule has 1 heterocycles. The van der Waals surface area contributed by atoms with Crippen LogP contribution in [0.4, 0.5) is 5.69 Å². The molecule has 0 aliphatic carbocycles. The summed E-state index contributed by atoms with van der Waals surface area (Å²) in [6.45, 7) is 5.22. The summed E-state index contributed by atoms with van der Waals surface area (Å²) in [5.41, 5.74) is 0.882. The molecular weight excluding hydrogens is 342 g/mol. The fourth-order valence-corrected chi connectivity index (χ4v) is 2.61. The van der Waals surface area contributed by atoms with Crippen LogP contribution < -0.4 is 19.5 Å². The van der Waals surface area contributed by atoms with Crippen LogP contribution in [-0.4, -0.2) is 26.2 Å². The van der Waals surface area contributed by atoms with Gasteiger partial charge < -0.3 is 19.5 Å². The molecule has 2 aromatic carbocycles. The zero-order chi connectivity index (χ0) is 18.0. The topological polar surface area (TPSA) is 56.8 Å². The Morgan fingerprint density at radius 2 is 1.84 bits per heavy atom. The molecule has 0 aromatic heterocycles. The normalized spacial score (nSPS) is 15.2. The fourth-order valence-electron chi connectivity index (χ4n) is 2.44. The third kappa shape index (κ3) is 3.99. The lowest BCUT2D eigenvalue weighted by atomic mass is 9.97. The molecule has 0 bridgehead atoms. The second-order valence-electron chi connectivity index (χ2n) is 6.70. The number of rotatable bonds is 3. The zero-order valence-corrected chi connectivity index (χ0v) is 15.1. The Bertz CT molecular complexity index is 804. The molecule has 0 fully saturated rings. The number of carbonyl (C=O) groups excluding carboxylic acids is 1. The molecule has 0 spiro atoms. The molecule has 0 radical (unpaired) electrons. The lowest BCUT2D eigenvalue weighted by molar-refractivity contribution is 0.102. The maximum absolute atomic E-state index is 12.6. The summed E-state index contributed by atoms with van der Waals surface area (Å²) in [6, 6.07) is 10.2. The van der Waals surface area contributed by atoms with Gasteiger partial charge in [-0.25, -0.2) is 0 Å². The van der Waals surface area contributed by atoms with Crippen molar-refractivity contribution in [3.05, 3.63) is 47.0 Å². The summed E-state index contributed by atoms with van der Waals surface area (Å²) in [4.78, 5) is 12.6. The van der Waals surface area contributed by atoms with Gasteiger partial charge in [-0.05, 0) is 36.4 Å². The van der Waals surface area contributed by atoms with Crippen LogP contribution in [0, 0.1) is 5.41 Å². The number of hydrogen-bond donors (Lipinski definition) is 1. The van der Waals surface area contributed by atoms with Crippen molar-refractivity contribution >= 4 is 23.2 Å².